The summed E-state index contributed by atoms with van der Waals surface area (Å²) in [4.78, 5) is 6.05. The van der Waals surface area contributed by atoms with Gasteiger partial charge in [0.15, 0.2) is 5.69 Å². The molecule has 0 saturated heterocycles. The molecule has 7 heteroatoms. The fourth-order valence-corrected chi connectivity index (χ4v) is 4.09. The van der Waals surface area contributed by atoms with Crippen LogP contribution in [0, 0.1) is 17.1 Å². The number of nitriles is 1. The average Bonchev–Trinajstić information content (AvgIpc) is 3.08. The summed E-state index contributed by atoms with van der Waals surface area (Å²) in [5, 5.41) is 21.0. The Morgan fingerprint density at radius 3 is 2.72 bits per heavy atom. The fraction of sp³-hybridized carbons (Fsp3) is 0.222. The van der Waals surface area contributed by atoms with Crippen molar-refractivity contribution >= 4 is 17.2 Å². The molecule has 25 heavy (non-hydrogen) atoms. The minimum atomic E-state index is -0.246. The molecule has 5 nitrogen and oxygen atoms in total. The Morgan fingerprint density at radius 2 is 2.00 bits per heavy atom. The van der Waals surface area contributed by atoms with Crippen LogP contribution < -0.4 is 5.32 Å². The Hall–Kier alpha value is -2.85. The Bertz CT molecular complexity index is 928. The minimum Gasteiger partial charge on any atom is -0.360 e. The lowest BCUT2D eigenvalue weighted by Gasteiger charge is -2.22. The maximum Gasteiger partial charge on any atom is 0.163 e. The van der Waals surface area contributed by atoms with E-state index in [0.717, 1.165) is 35.5 Å². The van der Waals surface area contributed by atoms with Gasteiger partial charge >= 0.3 is 0 Å². The van der Waals surface area contributed by atoms with Gasteiger partial charge in [-0.3, -0.25) is 0 Å². The first kappa shape index (κ1) is 15.7. The zero-order valence-electron chi connectivity index (χ0n) is 13.2. The number of fused-ring (bicyclic) bond motifs is 1. The van der Waals surface area contributed by atoms with Crippen molar-refractivity contribution in [3.8, 4) is 16.6 Å². The van der Waals surface area contributed by atoms with E-state index in [1.54, 1.807) is 35.6 Å². The molecule has 0 bridgehead atoms. The number of halogens is 1. The van der Waals surface area contributed by atoms with Crippen molar-refractivity contribution in [2.45, 2.75) is 25.3 Å². The minimum absolute atomic E-state index is 0.0661. The van der Waals surface area contributed by atoms with E-state index in [9.17, 15) is 4.39 Å². The molecule has 0 amide bonds. The van der Waals surface area contributed by atoms with Gasteiger partial charge in [0, 0.05) is 10.4 Å². The van der Waals surface area contributed by atoms with E-state index >= 15 is 0 Å². The van der Waals surface area contributed by atoms with E-state index in [0.29, 0.717) is 11.5 Å². The third-order valence-corrected chi connectivity index (χ3v) is 5.33. The maximum absolute atomic E-state index is 13.1. The molecule has 1 unspecified atom stereocenters. The van der Waals surface area contributed by atoms with Crippen LogP contribution in [0.4, 0.5) is 10.2 Å². The third kappa shape index (κ3) is 3.21. The Labute approximate surface area is 148 Å². The number of aryl methyl sites for hydroxylation is 1. The standard InChI is InChI=1S/C18H14FN5S/c19-12-6-4-11(5-7-12)18-22-17-14(2-1-3-15(17)25-18)21-16-9-8-13(10-20)23-24-16/h4-9,14H,1-3H2,(H,21,24). The molecule has 2 heterocycles. The highest BCUT2D eigenvalue weighted by Crippen LogP contribution is 2.38. The first-order chi connectivity index (χ1) is 12.2. The molecule has 0 aliphatic heterocycles. The molecule has 124 valence electrons. The molecule has 1 aliphatic rings. The van der Waals surface area contributed by atoms with E-state index in [4.69, 9.17) is 10.2 Å². The lowest BCUT2D eigenvalue weighted by Crippen LogP contribution is -2.17. The number of thiazole rings is 1. The van der Waals surface area contributed by atoms with Gasteiger partial charge in [-0.15, -0.1) is 21.5 Å². The van der Waals surface area contributed by atoms with Gasteiger partial charge in [0.05, 0.1) is 11.7 Å². The summed E-state index contributed by atoms with van der Waals surface area (Å²) >= 11 is 1.66. The third-order valence-electron chi connectivity index (χ3n) is 4.15. The van der Waals surface area contributed by atoms with Crippen LogP contribution >= 0.6 is 11.3 Å². The van der Waals surface area contributed by atoms with Crippen LogP contribution in [0.15, 0.2) is 36.4 Å². The molecule has 0 radical (unpaired) electrons. The predicted octanol–water partition coefficient (Wildman–Crippen LogP) is 4.10. The van der Waals surface area contributed by atoms with Crippen molar-refractivity contribution in [3.63, 3.8) is 0 Å². The number of aromatic nitrogens is 3. The Balaban J connectivity index is 1.60. The highest BCUT2D eigenvalue weighted by atomic mass is 32.1. The van der Waals surface area contributed by atoms with Gasteiger partial charge in [0.2, 0.25) is 0 Å². The number of anilines is 1. The normalized spacial score (nSPS) is 16.1. The van der Waals surface area contributed by atoms with Crippen LogP contribution in [-0.2, 0) is 6.42 Å². The summed E-state index contributed by atoms with van der Waals surface area (Å²) in [6.45, 7) is 0. The highest BCUT2D eigenvalue weighted by molar-refractivity contribution is 7.15. The SMILES string of the molecule is N#Cc1ccc(NC2CCCc3sc(-c4ccc(F)cc4)nc32)nn1. The van der Waals surface area contributed by atoms with Gasteiger partial charge in [-0.1, -0.05) is 0 Å². The number of nitrogens with zero attached hydrogens (tertiary/aromatic N) is 4. The van der Waals surface area contributed by atoms with Crippen LogP contribution in [0.1, 0.15) is 35.1 Å². The smallest absolute Gasteiger partial charge is 0.163 e. The van der Waals surface area contributed by atoms with Crippen molar-refractivity contribution in [2.24, 2.45) is 0 Å². The largest absolute Gasteiger partial charge is 0.360 e. The monoisotopic (exact) mass is 351 g/mol. The zero-order chi connectivity index (χ0) is 17.2. The average molecular weight is 351 g/mol. The number of hydrogen-bond acceptors (Lipinski definition) is 6. The molecule has 1 N–H and O–H groups in total. The molecule has 0 fully saturated rings. The van der Waals surface area contributed by atoms with Crippen LogP contribution in [0.5, 0.6) is 0 Å². The zero-order valence-corrected chi connectivity index (χ0v) is 14.1. The molecule has 0 spiro atoms. The second kappa shape index (κ2) is 6.57. The molecule has 3 aromatic rings. The van der Waals surface area contributed by atoms with Crippen molar-refractivity contribution in [1.82, 2.24) is 15.2 Å². The van der Waals surface area contributed by atoms with Crippen molar-refractivity contribution in [1.29, 1.82) is 5.26 Å². The van der Waals surface area contributed by atoms with Crippen molar-refractivity contribution in [2.75, 3.05) is 5.32 Å². The predicted molar refractivity (Wildman–Crippen MR) is 93.6 cm³/mol. The van der Waals surface area contributed by atoms with Gasteiger partial charge in [-0.05, 0) is 55.7 Å². The quantitative estimate of drug-likeness (QED) is 0.769. The number of nitrogens with one attached hydrogen (secondary N) is 1. The van der Waals surface area contributed by atoms with Crippen LogP contribution in [-0.4, -0.2) is 15.2 Å². The van der Waals surface area contributed by atoms with E-state index in [2.05, 4.69) is 15.5 Å². The molecule has 2 aromatic heterocycles. The van der Waals surface area contributed by atoms with Crippen molar-refractivity contribution < 1.29 is 4.39 Å². The summed E-state index contributed by atoms with van der Waals surface area (Å²) in [6.07, 6.45) is 3.03. The highest BCUT2D eigenvalue weighted by Gasteiger charge is 2.25. The van der Waals surface area contributed by atoms with Crippen molar-refractivity contribution in [3.05, 3.63) is 58.5 Å². The molecule has 0 saturated carbocycles. The van der Waals surface area contributed by atoms with E-state index in [1.807, 2.05) is 6.07 Å². The lowest BCUT2D eigenvalue weighted by molar-refractivity contribution is 0.591. The maximum atomic E-state index is 13.1. The summed E-state index contributed by atoms with van der Waals surface area (Å²) in [7, 11) is 0. The van der Waals surface area contributed by atoms with Gasteiger partial charge < -0.3 is 5.32 Å². The van der Waals surface area contributed by atoms with Gasteiger partial charge in [0.25, 0.3) is 0 Å². The molecule has 1 aromatic carbocycles. The van der Waals surface area contributed by atoms with E-state index in [-0.39, 0.29) is 11.9 Å². The van der Waals surface area contributed by atoms with Crippen LogP contribution in [0.3, 0.4) is 0 Å². The van der Waals surface area contributed by atoms with Gasteiger partial charge in [0.1, 0.15) is 22.7 Å². The first-order valence-electron chi connectivity index (χ1n) is 7.99. The van der Waals surface area contributed by atoms with E-state index in [1.165, 1.54) is 17.0 Å². The molecule has 4 rings (SSSR count). The molecular weight excluding hydrogens is 337 g/mol. The van der Waals surface area contributed by atoms with E-state index < -0.39 is 0 Å². The van der Waals surface area contributed by atoms with Gasteiger partial charge in [-0.25, -0.2) is 9.37 Å². The second-order valence-corrected chi connectivity index (χ2v) is 6.92. The Kier molecular flexibility index (Phi) is 4.12. The second-order valence-electron chi connectivity index (χ2n) is 5.84. The van der Waals surface area contributed by atoms with Crippen LogP contribution in [0.25, 0.3) is 10.6 Å². The summed E-state index contributed by atoms with van der Waals surface area (Å²) in [5.41, 5.74) is 2.25. The summed E-state index contributed by atoms with van der Waals surface area (Å²) in [5.74, 6) is 0.386. The number of benzene rings is 1. The lowest BCUT2D eigenvalue weighted by atomic mass is 9.97. The molecular formula is C18H14FN5S. The topological polar surface area (TPSA) is 74.5 Å². The van der Waals surface area contributed by atoms with Gasteiger partial charge in [-0.2, -0.15) is 5.26 Å². The Morgan fingerprint density at radius 1 is 1.16 bits per heavy atom. The molecule has 1 aliphatic carbocycles. The van der Waals surface area contributed by atoms with Crippen LogP contribution in [0.2, 0.25) is 0 Å². The summed E-state index contributed by atoms with van der Waals surface area (Å²) in [6, 6.07) is 11.9. The number of hydrogen-bond donors (Lipinski definition) is 1. The number of rotatable bonds is 3. The summed E-state index contributed by atoms with van der Waals surface area (Å²) < 4.78 is 13.1. The molecule has 1 atom stereocenters. The first-order valence-corrected chi connectivity index (χ1v) is 8.80. The fourth-order valence-electron chi connectivity index (χ4n) is 2.92.